The van der Waals surface area contributed by atoms with E-state index < -0.39 is 29.1 Å². The standard InChI is InChI=1S/C31H39N3O6/c1-30-16-17-31(40-30)25(24(30)27(36)32-20-21-10-6-5-7-11-21)29(38)34(18-8-3-4-9-19-35)26(31)28(37)33-22-12-14-23(39-2)15-13-22/h5-7,10-15,24-26,35H,3-4,8-9,16-20H2,1-2H3,(H,32,36)(H,33,37)/t24-,25-,26?,30+,31?/m0/s1. The molecule has 2 unspecified atom stereocenters. The third-order valence-corrected chi connectivity index (χ3v) is 8.78. The van der Waals surface area contributed by atoms with Crippen LogP contribution in [0.4, 0.5) is 5.69 Å². The molecule has 214 valence electrons. The number of ether oxygens (including phenoxy) is 2. The lowest BCUT2D eigenvalue weighted by Gasteiger charge is -2.33. The van der Waals surface area contributed by atoms with E-state index in [0.29, 0.717) is 50.2 Å². The Bertz CT molecular complexity index is 1220. The third kappa shape index (κ3) is 5.08. The molecular formula is C31H39N3O6. The minimum absolute atomic E-state index is 0.132. The number of methoxy groups -OCH3 is 1. The first-order valence-corrected chi connectivity index (χ1v) is 14.2. The van der Waals surface area contributed by atoms with E-state index in [-0.39, 0.29) is 24.3 Å². The van der Waals surface area contributed by atoms with Crippen molar-refractivity contribution >= 4 is 23.4 Å². The van der Waals surface area contributed by atoms with Crippen molar-refractivity contribution < 1.29 is 29.0 Å². The molecule has 9 nitrogen and oxygen atoms in total. The molecule has 2 aromatic carbocycles. The van der Waals surface area contributed by atoms with Crippen molar-refractivity contribution in [2.45, 2.75) is 69.2 Å². The average molecular weight is 550 g/mol. The highest BCUT2D eigenvalue weighted by Gasteiger charge is 2.77. The molecule has 3 fully saturated rings. The van der Waals surface area contributed by atoms with Crippen LogP contribution in [0.15, 0.2) is 54.6 Å². The molecule has 5 atom stereocenters. The number of hydrogen-bond acceptors (Lipinski definition) is 6. The molecule has 40 heavy (non-hydrogen) atoms. The molecule has 0 radical (unpaired) electrons. The maximum atomic E-state index is 14.1. The summed E-state index contributed by atoms with van der Waals surface area (Å²) in [6, 6.07) is 15.9. The quantitative estimate of drug-likeness (QED) is 0.350. The maximum Gasteiger partial charge on any atom is 0.250 e. The van der Waals surface area contributed by atoms with Gasteiger partial charge in [-0.2, -0.15) is 0 Å². The van der Waals surface area contributed by atoms with E-state index in [1.165, 1.54) is 0 Å². The van der Waals surface area contributed by atoms with Crippen LogP contribution in [0.5, 0.6) is 5.75 Å². The molecule has 5 rings (SSSR count). The number of amides is 3. The Hall–Kier alpha value is -3.43. The lowest BCUT2D eigenvalue weighted by Crippen LogP contribution is -2.53. The van der Waals surface area contributed by atoms with Crippen molar-refractivity contribution in [3.63, 3.8) is 0 Å². The van der Waals surface area contributed by atoms with Crippen LogP contribution >= 0.6 is 0 Å². The van der Waals surface area contributed by atoms with Gasteiger partial charge >= 0.3 is 0 Å². The number of nitrogens with one attached hydrogen (secondary N) is 2. The fourth-order valence-electron chi connectivity index (χ4n) is 6.90. The molecule has 1 spiro atoms. The smallest absolute Gasteiger partial charge is 0.250 e. The minimum atomic E-state index is -1.07. The number of unbranched alkanes of at least 4 members (excludes halogenated alkanes) is 3. The molecule has 3 heterocycles. The van der Waals surface area contributed by atoms with Gasteiger partial charge in [-0.1, -0.05) is 43.2 Å². The summed E-state index contributed by atoms with van der Waals surface area (Å²) >= 11 is 0. The van der Waals surface area contributed by atoms with Crippen molar-refractivity contribution in [3.05, 3.63) is 60.2 Å². The molecule has 3 N–H and O–H groups in total. The summed E-state index contributed by atoms with van der Waals surface area (Å²) in [7, 11) is 1.58. The SMILES string of the molecule is COc1ccc(NC(=O)C2N(CCCCCCO)C(=O)[C@@H]3[C@@H](C(=O)NCc4ccccc4)[C@@]4(C)CCC23O4)cc1. The number of aliphatic hydroxyl groups is 1. The van der Waals surface area contributed by atoms with Crippen LogP contribution in [0, 0.1) is 11.8 Å². The second kappa shape index (κ2) is 11.6. The molecule has 2 bridgehead atoms. The van der Waals surface area contributed by atoms with Gasteiger partial charge in [-0.05, 0) is 62.4 Å². The highest BCUT2D eigenvalue weighted by Crippen LogP contribution is 2.63. The number of nitrogens with zero attached hydrogens (tertiary/aromatic N) is 1. The third-order valence-electron chi connectivity index (χ3n) is 8.78. The summed E-state index contributed by atoms with van der Waals surface area (Å²) in [5.74, 6) is -1.47. The normalized spacial score (nSPS) is 28.4. The Kier molecular flexibility index (Phi) is 8.14. The summed E-state index contributed by atoms with van der Waals surface area (Å²) in [5, 5.41) is 15.1. The molecule has 0 saturated carbocycles. The number of carbonyl (C=O) groups excluding carboxylic acids is 3. The number of carbonyl (C=O) groups is 3. The van der Waals surface area contributed by atoms with Crippen molar-refractivity contribution in [1.82, 2.24) is 10.2 Å². The first-order valence-electron chi connectivity index (χ1n) is 14.2. The van der Waals surface area contributed by atoms with Gasteiger partial charge in [0.1, 0.15) is 17.4 Å². The number of aliphatic hydroxyl groups excluding tert-OH is 1. The molecule has 3 aliphatic rings. The summed E-state index contributed by atoms with van der Waals surface area (Å²) in [5.41, 5.74) is -0.328. The van der Waals surface area contributed by atoms with Gasteiger partial charge in [0.2, 0.25) is 17.7 Å². The van der Waals surface area contributed by atoms with Crippen LogP contribution in [0.3, 0.4) is 0 Å². The first-order chi connectivity index (χ1) is 19.3. The maximum absolute atomic E-state index is 14.1. The van der Waals surface area contributed by atoms with Gasteiger partial charge in [0.25, 0.3) is 0 Å². The molecule has 3 saturated heterocycles. The number of fused-ring (bicyclic) bond motifs is 1. The number of benzene rings is 2. The molecular weight excluding hydrogens is 510 g/mol. The minimum Gasteiger partial charge on any atom is -0.497 e. The summed E-state index contributed by atoms with van der Waals surface area (Å²) in [4.78, 5) is 43.3. The largest absolute Gasteiger partial charge is 0.497 e. The van der Waals surface area contributed by atoms with E-state index >= 15 is 0 Å². The van der Waals surface area contributed by atoms with Crippen LogP contribution in [0.2, 0.25) is 0 Å². The van der Waals surface area contributed by atoms with Gasteiger partial charge in [-0.3, -0.25) is 14.4 Å². The number of likely N-dealkylation sites (tertiary alicyclic amines) is 1. The molecule has 3 aliphatic heterocycles. The topological polar surface area (TPSA) is 117 Å². The van der Waals surface area contributed by atoms with Crippen LogP contribution in [0.25, 0.3) is 0 Å². The first kappa shape index (κ1) is 28.1. The summed E-state index contributed by atoms with van der Waals surface area (Å²) < 4.78 is 11.9. The Morgan fingerprint density at radius 2 is 1.75 bits per heavy atom. The highest BCUT2D eigenvalue weighted by atomic mass is 16.5. The Labute approximate surface area is 235 Å². The summed E-state index contributed by atoms with van der Waals surface area (Å²) in [6.07, 6.45) is 4.19. The zero-order valence-corrected chi connectivity index (χ0v) is 23.2. The van der Waals surface area contributed by atoms with E-state index in [9.17, 15) is 14.4 Å². The molecule has 2 aromatic rings. The predicted octanol–water partition coefficient (Wildman–Crippen LogP) is 3.27. The highest BCUT2D eigenvalue weighted by molar-refractivity contribution is 6.03. The van der Waals surface area contributed by atoms with Crippen LogP contribution in [0.1, 0.15) is 51.0 Å². The number of anilines is 1. The average Bonchev–Trinajstić information content (AvgIpc) is 3.53. The summed E-state index contributed by atoms with van der Waals surface area (Å²) in [6.45, 7) is 2.78. The zero-order valence-electron chi connectivity index (χ0n) is 23.2. The van der Waals surface area contributed by atoms with Crippen molar-refractivity contribution in [2.24, 2.45) is 11.8 Å². The van der Waals surface area contributed by atoms with Gasteiger partial charge in [-0.15, -0.1) is 0 Å². The molecule has 3 amide bonds. The van der Waals surface area contributed by atoms with E-state index in [4.69, 9.17) is 14.6 Å². The fourth-order valence-corrected chi connectivity index (χ4v) is 6.90. The Morgan fingerprint density at radius 1 is 1.02 bits per heavy atom. The van der Waals surface area contributed by atoms with E-state index in [1.54, 1.807) is 36.3 Å². The van der Waals surface area contributed by atoms with Crippen LogP contribution < -0.4 is 15.4 Å². The Balaban J connectivity index is 1.40. The lowest BCUT2D eigenvalue weighted by molar-refractivity contribution is -0.144. The van der Waals surface area contributed by atoms with E-state index in [1.807, 2.05) is 37.3 Å². The van der Waals surface area contributed by atoms with Crippen molar-refractivity contribution in [3.8, 4) is 5.75 Å². The second-order valence-corrected chi connectivity index (χ2v) is 11.3. The van der Waals surface area contributed by atoms with Crippen molar-refractivity contribution in [1.29, 1.82) is 0 Å². The second-order valence-electron chi connectivity index (χ2n) is 11.3. The van der Waals surface area contributed by atoms with Gasteiger partial charge in [0.05, 0.1) is 24.5 Å². The van der Waals surface area contributed by atoms with Crippen molar-refractivity contribution in [2.75, 3.05) is 25.6 Å². The predicted molar refractivity (Wildman–Crippen MR) is 149 cm³/mol. The van der Waals surface area contributed by atoms with Gasteiger partial charge in [-0.25, -0.2) is 0 Å². The Morgan fingerprint density at radius 3 is 2.45 bits per heavy atom. The van der Waals surface area contributed by atoms with Gasteiger partial charge in [0, 0.05) is 25.4 Å². The number of rotatable bonds is 12. The number of hydrogen-bond donors (Lipinski definition) is 3. The molecule has 0 aliphatic carbocycles. The molecule has 0 aromatic heterocycles. The van der Waals surface area contributed by atoms with Crippen LogP contribution in [-0.2, 0) is 25.7 Å². The van der Waals surface area contributed by atoms with E-state index in [0.717, 1.165) is 18.4 Å². The zero-order chi connectivity index (χ0) is 28.3. The van der Waals surface area contributed by atoms with Crippen LogP contribution in [-0.4, -0.2) is 65.2 Å². The van der Waals surface area contributed by atoms with Gasteiger partial charge in [0.15, 0.2) is 0 Å². The van der Waals surface area contributed by atoms with Gasteiger partial charge < -0.3 is 30.1 Å². The lowest BCUT2D eigenvalue weighted by atomic mass is 9.66. The van der Waals surface area contributed by atoms with E-state index in [2.05, 4.69) is 10.6 Å². The fraction of sp³-hybridized carbons (Fsp3) is 0.516. The molecule has 9 heteroatoms. The monoisotopic (exact) mass is 549 g/mol.